The number of thioether (sulfide) groups is 1. The number of hydrogen-bond acceptors (Lipinski definition) is 18. The Morgan fingerprint density at radius 3 is 1.27 bits per heavy atom. The predicted molar refractivity (Wildman–Crippen MR) is 571 cm³/mol. The molecule has 0 aromatic heterocycles. The first-order valence-corrected chi connectivity index (χ1v) is 51.6. The number of phenols is 2. The molecule has 3 spiro atoms. The number of alkyl halides is 1. The summed E-state index contributed by atoms with van der Waals surface area (Å²) < 4.78 is 29.4. The van der Waals surface area contributed by atoms with Gasteiger partial charge in [0.25, 0.3) is 17.7 Å². The van der Waals surface area contributed by atoms with Crippen molar-refractivity contribution in [3.63, 3.8) is 0 Å². The molecule has 7 atom stereocenters. The van der Waals surface area contributed by atoms with Gasteiger partial charge in [-0.3, -0.25) is 48.6 Å². The average Bonchev–Trinajstić information content (AvgIpc) is 1.59. The third-order valence-electron chi connectivity index (χ3n) is 21.3. The lowest BCUT2D eigenvalue weighted by atomic mass is 9.80. The maximum absolute atomic E-state index is 13.3. The number of ether oxygens (including phenoxy) is 4. The first-order chi connectivity index (χ1) is 65.4. The first kappa shape index (κ1) is 108. The van der Waals surface area contributed by atoms with Crippen LogP contribution in [0.2, 0.25) is 30.1 Å². The molecule has 7 unspecified atom stereocenters. The molecule has 0 saturated carbocycles. The summed E-state index contributed by atoms with van der Waals surface area (Å²) in [4.78, 5) is 113. The van der Waals surface area contributed by atoms with Crippen molar-refractivity contribution in [2.24, 2.45) is 10.7 Å². The summed E-state index contributed by atoms with van der Waals surface area (Å²) in [5.41, 5.74) is 9.62. The van der Waals surface area contributed by atoms with Crippen molar-refractivity contribution < 1.29 is 72.3 Å². The Hall–Kier alpha value is -9.53. The molecule has 2 saturated heterocycles. The second-order valence-electron chi connectivity index (χ2n) is 30.3. The molecule has 22 nitrogen and oxygen atoms in total. The Morgan fingerprint density at radius 1 is 0.489 bits per heavy atom. The van der Waals surface area contributed by atoms with Crippen LogP contribution < -0.4 is 45.9 Å². The SMILES string of the molecule is CC(=O)c1cc(Br)ccc1O.CI.CSC1=NC2(CC(c3cccc(Cl)c3)Oc3ccc(Br)cc32)C(=O)N1C.NC=O.O=C(/C=C/c1cccc(Cl)c1)c1cc(Br)ccc1O.O=C1CC(c2cccc(Cl)c2)Oc2ccc(Br)cc21.O=C1NC(=O)C2(CC(c3cccc(Cl)c3)Oc3ccc(Br)cc32)N1.O=C1NC(=S)NC12CC(c1cccc(Cl)c1)Oc1ccc(Br)cc12.O=Cc1cccc(Cl)c1. The van der Waals surface area contributed by atoms with Crippen LogP contribution in [0, 0.1) is 0 Å². The lowest BCUT2D eigenvalue weighted by molar-refractivity contribution is -0.132. The van der Waals surface area contributed by atoms with E-state index in [0.717, 1.165) is 72.1 Å². The van der Waals surface area contributed by atoms with E-state index in [1.165, 1.54) is 36.9 Å². The van der Waals surface area contributed by atoms with Crippen molar-refractivity contribution in [2.75, 3.05) is 18.2 Å². The number of rotatable bonds is 9. The normalized spacial score (nSPS) is 18.9. The number of carbonyl (C=O) groups is 9. The Bertz CT molecular complexity index is 6560. The fourth-order valence-corrected chi connectivity index (χ4v) is 19.4. The summed E-state index contributed by atoms with van der Waals surface area (Å²) in [6.45, 7) is 1.42. The molecule has 12 aromatic carbocycles. The van der Waals surface area contributed by atoms with Gasteiger partial charge in [0.2, 0.25) is 6.41 Å². The molecule has 19 rings (SSSR count). The monoisotopic (exact) mass is 2490 g/mol. The number of carbonyl (C=O) groups excluding carboxylic acids is 9. The maximum Gasteiger partial charge on any atom is 0.322 e. The Labute approximate surface area is 892 Å². The number of phenolic OH excluding ortho intramolecular Hbond substituents is 2. The minimum Gasteiger partial charge on any atom is -0.507 e. The van der Waals surface area contributed by atoms with E-state index in [4.69, 9.17) is 116 Å². The number of thiocarbonyl (C=S) groups is 1. The predicted octanol–water partition coefficient (Wildman–Crippen LogP) is 26.7. The largest absolute Gasteiger partial charge is 0.507 e. The zero-order valence-electron chi connectivity index (χ0n) is 72.1. The van der Waals surface area contributed by atoms with Crippen molar-refractivity contribution in [2.45, 2.75) is 73.6 Å². The Morgan fingerprint density at radius 2 is 0.861 bits per heavy atom. The standard InChI is InChI=1S/C19H16BrClN2O2S.C17H12BrClN2O3.C17H12BrClN2O2S.2C15H10BrClO2.C8H7BrO2.C7H5ClO.CH3I.CH3NO/c1-23-17(24)19(22-18(23)26-2)10-16(11-4-3-5-13(21)8-11)25-15-7-6-12(20)9-14(15)19;18-10-4-5-13-12(7-10)17(15(22)20-16(23)21-17)8-14(24-13)9-2-1-3-11(19)6-9;18-10-4-5-13-12(7-10)17(15(22)20-16(24)21-17)8-14(23-13)9-2-1-3-11(19)6-9;16-10-4-5-14-12(7-10)13(18)8-15(19-14)9-2-1-3-11(17)6-9;16-11-5-7-15(19)13(9-11)14(18)6-4-10-2-1-3-12(17)8-10;1-5(10)7-4-6(9)2-3-8(7)11;8-7-3-1-2-6(4-7)5-9;1-2;2-1-3/h3-9,16H,10H2,1-2H3;1-7,14H,8H2,(H2,20,21,22,23);1-7,14H,8H2,(H2,20,21,22,24);1-7,15H,8H2;1-9,19H;2-4,11H,1H3;1-5H;1H3;1H,(H2,2,3)/b;;;;6-4+;;;;. The number of likely N-dealkylation sites (N-methyl/N-ethyl adjacent to an activating group) is 1. The highest BCUT2D eigenvalue weighted by molar-refractivity contribution is 14.1. The van der Waals surface area contributed by atoms with Crippen molar-refractivity contribution in [3.8, 4) is 34.5 Å². The van der Waals surface area contributed by atoms with Crippen LogP contribution in [0.15, 0.2) is 293 Å². The summed E-state index contributed by atoms with van der Waals surface area (Å²) in [5.74, 6) is 1.64. The van der Waals surface area contributed by atoms with Crippen molar-refractivity contribution in [3.05, 3.63) is 385 Å². The molecule has 7 heterocycles. The van der Waals surface area contributed by atoms with Gasteiger partial charge in [-0.1, -0.05) is 278 Å². The lowest BCUT2D eigenvalue weighted by Crippen LogP contribution is -2.48. The van der Waals surface area contributed by atoms with E-state index < -0.39 is 28.8 Å². The van der Waals surface area contributed by atoms with Gasteiger partial charge < -0.3 is 50.8 Å². The van der Waals surface area contributed by atoms with Crippen LogP contribution in [0.25, 0.3) is 6.08 Å². The summed E-state index contributed by atoms with van der Waals surface area (Å²) >= 11 is 64.7. The Kier molecular flexibility index (Phi) is 39.0. The number of allylic oxidation sites excluding steroid dienone is 1. The van der Waals surface area contributed by atoms with E-state index in [9.17, 15) is 43.5 Å². The fraction of sp³-hybridized carbons (Fsp3) is 0.150. The van der Waals surface area contributed by atoms with Gasteiger partial charge >= 0.3 is 6.03 Å². The zero-order chi connectivity index (χ0) is 99.3. The van der Waals surface area contributed by atoms with Crippen molar-refractivity contribution >= 4 is 282 Å². The quantitative estimate of drug-likeness (QED) is 0.0134. The number of amidine groups is 1. The summed E-state index contributed by atoms with van der Waals surface area (Å²) in [6, 6.07) is 75.0. The third-order valence-corrected chi connectivity index (χ3v) is 26.7. The number of hydrogen-bond donors (Lipinski definition) is 7. The number of urea groups is 1. The van der Waals surface area contributed by atoms with Gasteiger partial charge in [-0.05, 0) is 246 Å². The van der Waals surface area contributed by atoms with Gasteiger partial charge in [0.15, 0.2) is 44.2 Å². The van der Waals surface area contributed by atoms with E-state index in [-0.39, 0.29) is 83.3 Å². The minimum atomic E-state index is -1.15. The van der Waals surface area contributed by atoms with Crippen LogP contribution in [0.1, 0.15) is 143 Å². The molecule has 7 aliphatic heterocycles. The second-order valence-corrected chi connectivity index (χ2v) is 39.6. The highest BCUT2D eigenvalue weighted by Gasteiger charge is 2.56. The molecule has 7 aliphatic rings. The van der Waals surface area contributed by atoms with Gasteiger partial charge in [0.1, 0.15) is 65.2 Å². The molecule has 8 N–H and O–H groups in total. The fourth-order valence-electron chi connectivity index (χ4n) is 15.2. The van der Waals surface area contributed by atoms with E-state index in [1.807, 2.05) is 157 Å². The van der Waals surface area contributed by atoms with Gasteiger partial charge in [-0.15, -0.1) is 0 Å². The van der Waals surface area contributed by atoms with Crippen LogP contribution in [0.5, 0.6) is 34.5 Å². The van der Waals surface area contributed by atoms with Gasteiger partial charge in [-0.2, -0.15) is 0 Å². The highest BCUT2D eigenvalue weighted by Crippen LogP contribution is 2.53. The van der Waals surface area contributed by atoms with Gasteiger partial charge in [0, 0.05) is 106 Å². The number of aromatic hydroxyl groups is 2. The Balaban J connectivity index is 0.000000155. The van der Waals surface area contributed by atoms with E-state index in [2.05, 4.69) is 145 Å². The molecule has 37 heteroatoms. The van der Waals surface area contributed by atoms with Crippen LogP contribution >= 0.6 is 212 Å². The molecule has 12 aromatic rings. The molecule has 0 aliphatic carbocycles. The number of ketones is 3. The van der Waals surface area contributed by atoms with Crippen LogP contribution in [0.4, 0.5) is 4.79 Å². The number of primary amides is 1. The molecule has 6 amide bonds. The number of amides is 6. The zero-order valence-corrected chi connectivity index (χ0v) is 89.9. The molecule has 0 radical (unpaired) electrons. The van der Waals surface area contributed by atoms with Gasteiger partial charge in [0.05, 0.1) is 23.1 Å². The van der Waals surface area contributed by atoms with Crippen LogP contribution in [-0.4, -0.2) is 97.4 Å². The van der Waals surface area contributed by atoms with E-state index >= 15 is 0 Å². The number of aldehydes is 1. The number of aliphatic imine (C=N–C) groups is 1. The topological polar surface area (TPSA) is 321 Å². The molecule has 137 heavy (non-hydrogen) atoms. The maximum atomic E-state index is 13.3. The molecular weight excluding hydrogens is 2420 g/mol. The number of Topliss-reactive ketones (excluding diaryl/α,β-unsaturated/α-hetero) is 2. The third kappa shape index (κ3) is 27.4. The number of halogens is 13. The van der Waals surface area contributed by atoms with Crippen LogP contribution in [-0.2, 0) is 35.8 Å². The first-order valence-electron chi connectivity index (χ1n) is 40.8. The highest BCUT2D eigenvalue weighted by atomic mass is 127. The van der Waals surface area contributed by atoms with E-state index in [1.54, 1.807) is 115 Å². The van der Waals surface area contributed by atoms with Crippen molar-refractivity contribution in [1.82, 2.24) is 26.2 Å². The number of benzene rings is 12. The summed E-state index contributed by atoms with van der Waals surface area (Å²) in [6.07, 6.45) is 6.22. The molecule has 0 bridgehead atoms. The lowest BCUT2D eigenvalue weighted by Gasteiger charge is -2.38. The smallest absolute Gasteiger partial charge is 0.322 e. The average molecular weight is 2500 g/mol. The number of fused-ring (bicyclic) bond motifs is 7. The van der Waals surface area contributed by atoms with Crippen LogP contribution in [0.3, 0.4) is 0 Å². The van der Waals surface area contributed by atoms with E-state index in [0.29, 0.717) is 105 Å². The van der Waals surface area contributed by atoms with Crippen molar-refractivity contribution in [1.29, 1.82) is 0 Å². The number of imide groups is 1. The summed E-state index contributed by atoms with van der Waals surface area (Å²) in [7, 11) is 1.77. The second kappa shape index (κ2) is 49.5. The molecule has 2 fully saturated rings. The molecular formula is C100H78Br6Cl6IN7O15S2. The molecule has 706 valence electrons. The number of nitrogens with two attached hydrogens (primary N) is 1. The number of nitrogens with zero attached hydrogens (tertiary/aromatic N) is 2. The number of nitrogens with one attached hydrogen (secondary N) is 4. The van der Waals surface area contributed by atoms with Gasteiger partial charge in [-0.25, -0.2) is 9.79 Å². The minimum absolute atomic E-state index is 0.0284. The summed E-state index contributed by atoms with van der Waals surface area (Å²) in [5, 5.41) is 34.6.